The lowest BCUT2D eigenvalue weighted by molar-refractivity contribution is -0.385. The molecule has 0 saturated heterocycles. The molecule has 0 fully saturated rings. The van der Waals surface area contributed by atoms with Crippen LogP contribution < -0.4 is 5.32 Å². The Morgan fingerprint density at radius 2 is 2.39 bits per heavy atom. The van der Waals surface area contributed by atoms with Crippen molar-refractivity contribution < 1.29 is 4.92 Å². The van der Waals surface area contributed by atoms with Crippen LogP contribution in [0.2, 0.25) is 0 Å². The molecule has 2 rings (SSSR count). The van der Waals surface area contributed by atoms with Gasteiger partial charge in [-0.2, -0.15) is 0 Å². The quantitative estimate of drug-likeness (QED) is 0.681. The van der Waals surface area contributed by atoms with Crippen LogP contribution in [-0.4, -0.2) is 9.91 Å². The molecule has 0 aliphatic heterocycles. The first-order chi connectivity index (χ1) is 8.58. The van der Waals surface area contributed by atoms with Gasteiger partial charge in [-0.05, 0) is 34.3 Å². The van der Waals surface area contributed by atoms with E-state index in [1.165, 1.54) is 17.1 Å². The Balaban J connectivity index is 2.17. The van der Waals surface area contributed by atoms with E-state index in [1.54, 1.807) is 11.3 Å². The molecule has 2 heterocycles. The fourth-order valence-electron chi connectivity index (χ4n) is 1.45. The molecule has 94 valence electrons. The predicted octanol–water partition coefficient (Wildman–Crippen LogP) is 3.99. The van der Waals surface area contributed by atoms with Crippen LogP contribution in [0.5, 0.6) is 0 Å². The molecule has 7 heteroatoms. The Hall–Kier alpha value is -1.47. The molecule has 0 amide bonds. The van der Waals surface area contributed by atoms with E-state index in [0.717, 1.165) is 0 Å². The Labute approximate surface area is 116 Å². The Bertz CT molecular complexity index is 559. The van der Waals surface area contributed by atoms with Crippen LogP contribution in [0.15, 0.2) is 34.2 Å². The average molecular weight is 328 g/mol. The first kappa shape index (κ1) is 13.0. The van der Waals surface area contributed by atoms with Gasteiger partial charge in [0, 0.05) is 10.9 Å². The van der Waals surface area contributed by atoms with Crippen LogP contribution >= 0.6 is 27.3 Å². The number of pyridine rings is 1. The lowest BCUT2D eigenvalue weighted by Gasteiger charge is -2.13. The zero-order valence-electron chi connectivity index (χ0n) is 9.46. The average Bonchev–Trinajstić information content (AvgIpc) is 2.85. The minimum atomic E-state index is -0.468. The number of hydrogen-bond acceptors (Lipinski definition) is 5. The zero-order chi connectivity index (χ0) is 13.1. The van der Waals surface area contributed by atoms with Gasteiger partial charge in [0.25, 0.3) is 5.69 Å². The van der Waals surface area contributed by atoms with E-state index in [2.05, 4.69) is 26.2 Å². The largest absolute Gasteiger partial charge is 0.362 e. The molecule has 0 radical (unpaired) electrons. The molecule has 1 unspecified atom stereocenters. The molecule has 1 atom stereocenters. The smallest absolute Gasteiger partial charge is 0.288 e. The Morgan fingerprint density at radius 3 is 2.94 bits per heavy atom. The third kappa shape index (κ3) is 2.85. The summed E-state index contributed by atoms with van der Waals surface area (Å²) < 4.78 is 0.583. The molecule has 0 aromatic carbocycles. The summed E-state index contributed by atoms with van der Waals surface area (Å²) in [5, 5.41) is 15.8. The number of aromatic nitrogens is 1. The number of rotatable bonds is 4. The first-order valence-corrected chi connectivity index (χ1v) is 6.85. The summed E-state index contributed by atoms with van der Waals surface area (Å²) in [6, 6.07) is 5.56. The van der Waals surface area contributed by atoms with E-state index in [-0.39, 0.29) is 11.7 Å². The van der Waals surface area contributed by atoms with Crippen molar-refractivity contribution >= 4 is 38.8 Å². The summed E-state index contributed by atoms with van der Waals surface area (Å²) in [5.41, 5.74) is -0.0313. The van der Waals surface area contributed by atoms with Crippen molar-refractivity contribution in [1.29, 1.82) is 0 Å². The van der Waals surface area contributed by atoms with Gasteiger partial charge >= 0.3 is 0 Å². The molecule has 5 nitrogen and oxygen atoms in total. The van der Waals surface area contributed by atoms with Gasteiger partial charge in [-0.15, -0.1) is 11.3 Å². The standard InChI is InChI=1S/C11H10BrN3O2S/c1-7(10-3-2-4-18-10)14-11-9(12)5-8(6-13-11)15(16)17/h2-7H,1H3,(H,13,14). The number of anilines is 1. The molecular weight excluding hydrogens is 318 g/mol. The number of halogens is 1. The van der Waals surface area contributed by atoms with Crippen molar-refractivity contribution in [2.75, 3.05) is 5.32 Å². The van der Waals surface area contributed by atoms with Gasteiger partial charge in [-0.25, -0.2) is 4.98 Å². The molecule has 18 heavy (non-hydrogen) atoms. The van der Waals surface area contributed by atoms with Crippen LogP contribution in [0.25, 0.3) is 0 Å². The second kappa shape index (κ2) is 5.45. The molecule has 0 spiro atoms. The van der Waals surface area contributed by atoms with Gasteiger partial charge in [-0.3, -0.25) is 10.1 Å². The van der Waals surface area contributed by atoms with Gasteiger partial charge in [0.15, 0.2) is 0 Å². The SMILES string of the molecule is CC(Nc1ncc([N+](=O)[O-])cc1Br)c1cccs1. The van der Waals surface area contributed by atoms with Crippen LogP contribution in [0, 0.1) is 10.1 Å². The second-order valence-electron chi connectivity index (χ2n) is 3.66. The van der Waals surface area contributed by atoms with Crippen LogP contribution in [0.3, 0.4) is 0 Å². The van der Waals surface area contributed by atoms with Crippen molar-refractivity contribution in [3.05, 3.63) is 49.2 Å². The van der Waals surface area contributed by atoms with E-state index in [9.17, 15) is 10.1 Å². The topological polar surface area (TPSA) is 68.1 Å². The molecule has 0 saturated carbocycles. The first-order valence-electron chi connectivity index (χ1n) is 5.18. The van der Waals surface area contributed by atoms with Crippen molar-refractivity contribution in [1.82, 2.24) is 4.98 Å². The lowest BCUT2D eigenvalue weighted by atomic mass is 10.2. The molecule has 2 aromatic heterocycles. The van der Waals surface area contributed by atoms with E-state index in [4.69, 9.17) is 0 Å². The van der Waals surface area contributed by atoms with Gasteiger partial charge in [0.05, 0.1) is 15.4 Å². The second-order valence-corrected chi connectivity index (χ2v) is 5.50. The molecular formula is C11H10BrN3O2S. The number of nitro groups is 1. The highest BCUT2D eigenvalue weighted by atomic mass is 79.9. The third-order valence-corrected chi connectivity index (χ3v) is 4.02. The minimum absolute atomic E-state index is 0.0313. The van der Waals surface area contributed by atoms with Crippen molar-refractivity contribution in [2.24, 2.45) is 0 Å². The normalized spacial score (nSPS) is 12.1. The maximum atomic E-state index is 10.6. The highest BCUT2D eigenvalue weighted by Gasteiger charge is 2.13. The lowest BCUT2D eigenvalue weighted by Crippen LogP contribution is -2.07. The van der Waals surface area contributed by atoms with Gasteiger partial charge in [-0.1, -0.05) is 6.07 Å². The van der Waals surface area contributed by atoms with E-state index in [0.29, 0.717) is 10.3 Å². The molecule has 0 aliphatic rings. The highest BCUT2D eigenvalue weighted by Crippen LogP contribution is 2.28. The van der Waals surface area contributed by atoms with E-state index >= 15 is 0 Å². The van der Waals surface area contributed by atoms with E-state index < -0.39 is 4.92 Å². The predicted molar refractivity (Wildman–Crippen MR) is 74.9 cm³/mol. The summed E-state index contributed by atoms with van der Waals surface area (Å²) >= 11 is 4.93. The van der Waals surface area contributed by atoms with Gasteiger partial charge < -0.3 is 5.32 Å². The number of nitrogens with zero attached hydrogens (tertiary/aromatic N) is 2. The maximum absolute atomic E-state index is 10.6. The fourth-order valence-corrected chi connectivity index (χ4v) is 2.63. The zero-order valence-corrected chi connectivity index (χ0v) is 11.9. The summed E-state index contributed by atoms with van der Waals surface area (Å²) in [4.78, 5) is 15.4. The maximum Gasteiger partial charge on any atom is 0.288 e. The van der Waals surface area contributed by atoms with Crippen molar-refractivity contribution in [2.45, 2.75) is 13.0 Å². The number of nitrogens with one attached hydrogen (secondary N) is 1. The van der Waals surface area contributed by atoms with Crippen molar-refractivity contribution in [3.63, 3.8) is 0 Å². The fraction of sp³-hybridized carbons (Fsp3) is 0.182. The summed E-state index contributed by atoms with van der Waals surface area (Å²) in [5.74, 6) is 0.599. The highest BCUT2D eigenvalue weighted by molar-refractivity contribution is 9.10. The third-order valence-electron chi connectivity index (χ3n) is 2.36. The summed E-state index contributed by atoms with van der Waals surface area (Å²) in [6.07, 6.45) is 1.24. The van der Waals surface area contributed by atoms with Crippen LogP contribution in [0.4, 0.5) is 11.5 Å². The number of thiophene rings is 1. The Morgan fingerprint density at radius 1 is 1.61 bits per heavy atom. The minimum Gasteiger partial charge on any atom is -0.362 e. The van der Waals surface area contributed by atoms with Crippen molar-refractivity contribution in [3.8, 4) is 0 Å². The van der Waals surface area contributed by atoms with Gasteiger partial charge in [0.1, 0.15) is 12.0 Å². The molecule has 0 aliphatic carbocycles. The van der Waals surface area contributed by atoms with Crippen LogP contribution in [0.1, 0.15) is 17.8 Å². The summed E-state index contributed by atoms with van der Waals surface area (Å²) in [7, 11) is 0. The van der Waals surface area contributed by atoms with Gasteiger partial charge in [0.2, 0.25) is 0 Å². The van der Waals surface area contributed by atoms with E-state index in [1.807, 2.05) is 24.4 Å². The Kier molecular flexibility index (Phi) is 3.93. The molecule has 0 bridgehead atoms. The molecule has 1 N–H and O–H groups in total. The summed E-state index contributed by atoms with van der Waals surface area (Å²) in [6.45, 7) is 2.02. The molecule has 2 aromatic rings. The van der Waals surface area contributed by atoms with Crippen LogP contribution in [-0.2, 0) is 0 Å². The number of hydrogen-bond donors (Lipinski definition) is 1. The monoisotopic (exact) mass is 327 g/mol.